The van der Waals surface area contributed by atoms with Gasteiger partial charge in [-0.3, -0.25) is 0 Å². The van der Waals surface area contributed by atoms with E-state index in [-0.39, 0.29) is 17.7 Å². The van der Waals surface area contributed by atoms with Crippen molar-refractivity contribution in [1.29, 1.82) is 0 Å². The Morgan fingerprint density at radius 1 is 1.20 bits per heavy atom. The summed E-state index contributed by atoms with van der Waals surface area (Å²) in [7, 11) is 0. The maximum Gasteiger partial charge on any atom is 0.164 e. The van der Waals surface area contributed by atoms with Crippen LogP contribution >= 0.6 is 0 Å². The van der Waals surface area contributed by atoms with Crippen molar-refractivity contribution >= 4 is 6.08 Å². The molecule has 138 valence electrons. The minimum atomic E-state index is -0.774. The monoisotopic (exact) mass is 345 g/mol. The Kier molecular flexibility index (Phi) is 6.22. The molecule has 1 heterocycles. The average Bonchev–Trinajstić information content (AvgIpc) is 2.85. The van der Waals surface area contributed by atoms with E-state index in [1.165, 1.54) is 0 Å². The Bertz CT molecular complexity index is 589. The molecule has 0 radical (unpaired) electrons. The van der Waals surface area contributed by atoms with E-state index in [0.717, 1.165) is 5.56 Å². The van der Waals surface area contributed by atoms with Crippen molar-refractivity contribution in [3.8, 4) is 0 Å². The average molecular weight is 345 g/mol. The lowest BCUT2D eigenvalue weighted by atomic mass is 9.96. The standard InChI is InChI=1S/C21H31NO3/c1-7-17-19(25-21(5,6)24-17)18(23)16(22-20(2,3)4)14-13-15-11-9-8-10-12-15/h7-14,16-19,22-23H,1H2,2-6H3/b14-13+/t16-,17-,18-,19-/m0/s1. The molecule has 0 spiro atoms. The Morgan fingerprint density at radius 3 is 2.40 bits per heavy atom. The Hall–Kier alpha value is -1.46. The molecule has 1 aliphatic rings. The molecule has 0 aliphatic carbocycles. The fourth-order valence-electron chi connectivity index (χ4n) is 2.99. The SMILES string of the molecule is C=C[C@@H]1OC(C)(C)O[C@@H]1[C@@H](O)[C@H](/C=C/c1ccccc1)NC(C)(C)C. The maximum absolute atomic E-state index is 11.0. The van der Waals surface area contributed by atoms with E-state index < -0.39 is 18.0 Å². The first-order chi connectivity index (χ1) is 11.6. The molecule has 1 fully saturated rings. The highest BCUT2D eigenvalue weighted by Gasteiger charge is 2.45. The molecule has 1 aromatic rings. The summed E-state index contributed by atoms with van der Waals surface area (Å²) in [5.74, 6) is -0.736. The largest absolute Gasteiger partial charge is 0.388 e. The first kappa shape index (κ1) is 19.9. The first-order valence-electron chi connectivity index (χ1n) is 8.78. The molecule has 25 heavy (non-hydrogen) atoms. The van der Waals surface area contributed by atoms with Crippen molar-refractivity contribution in [2.45, 2.75) is 70.3 Å². The molecule has 2 N–H and O–H groups in total. The van der Waals surface area contributed by atoms with E-state index in [9.17, 15) is 5.11 Å². The van der Waals surface area contributed by atoms with Crippen molar-refractivity contribution < 1.29 is 14.6 Å². The number of benzene rings is 1. The third-order valence-electron chi connectivity index (χ3n) is 4.00. The molecule has 2 rings (SSSR count). The molecule has 0 saturated carbocycles. The van der Waals surface area contributed by atoms with Crippen LogP contribution in [0.15, 0.2) is 49.1 Å². The molecule has 1 saturated heterocycles. The van der Waals surface area contributed by atoms with Crippen molar-refractivity contribution in [2.75, 3.05) is 0 Å². The summed E-state index contributed by atoms with van der Waals surface area (Å²) >= 11 is 0. The van der Waals surface area contributed by atoms with E-state index in [1.54, 1.807) is 6.08 Å². The molecule has 4 nitrogen and oxygen atoms in total. The van der Waals surface area contributed by atoms with Gasteiger partial charge in [0.05, 0.1) is 6.04 Å². The highest BCUT2D eigenvalue weighted by molar-refractivity contribution is 5.49. The lowest BCUT2D eigenvalue weighted by Gasteiger charge is -2.33. The topological polar surface area (TPSA) is 50.7 Å². The number of ether oxygens (including phenoxy) is 2. The summed E-state index contributed by atoms with van der Waals surface area (Å²) in [6.45, 7) is 13.7. The van der Waals surface area contributed by atoms with Crippen LogP contribution in [-0.2, 0) is 9.47 Å². The Balaban J connectivity index is 2.22. The van der Waals surface area contributed by atoms with Crippen molar-refractivity contribution in [3.63, 3.8) is 0 Å². The van der Waals surface area contributed by atoms with Crippen LogP contribution in [0.4, 0.5) is 0 Å². The molecular formula is C21H31NO3. The van der Waals surface area contributed by atoms with Crippen LogP contribution in [0.5, 0.6) is 0 Å². The van der Waals surface area contributed by atoms with Crippen LogP contribution in [0.25, 0.3) is 6.08 Å². The van der Waals surface area contributed by atoms with Gasteiger partial charge in [0.1, 0.15) is 18.3 Å². The second-order valence-electron chi connectivity index (χ2n) is 7.98. The molecule has 0 bridgehead atoms. The van der Waals surface area contributed by atoms with E-state index in [1.807, 2.05) is 56.3 Å². The molecular weight excluding hydrogens is 314 g/mol. The Labute approximate surface area is 151 Å². The lowest BCUT2D eigenvalue weighted by molar-refractivity contribution is -0.154. The number of rotatable bonds is 6. The number of aliphatic hydroxyl groups is 1. The van der Waals surface area contributed by atoms with Crippen LogP contribution in [0.3, 0.4) is 0 Å². The third-order valence-corrected chi connectivity index (χ3v) is 4.00. The van der Waals surface area contributed by atoms with Gasteiger partial charge in [0.25, 0.3) is 0 Å². The summed E-state index contributed by atoms with van der Waals surface area (Å²) in [6, 6.07) is 9.74. The molecule has 0 amide bonds. The number of nitrogens with one attached hydrogen (secondary N) is 1. The van der Waals surface area contributed by atoms with E-state index in [4.69, 9.17) is 9.47 Å². The fraction of sp³-hybridized carbons (Fsp3) is 0.524. The lowest BCUT2D eigenvalue weighted by Crippen LogP contribution is -2.53. The van der Waals surface area contributed by atoms with Crippen molar-refractivity contribution in [3.05, 3.63) is 54.6 Å². The smallest absolute Gasteiger partial charge is 0.164 e. The van der Waals surface area contributed by atoms with Gasteiger partial charge in [-0.2, -0.15) is 0 Å². The molecule has 4 heteroatoms. The fourth-order valence-corrected chi connectivity index (χ4v) is 2.99. The highest BCUT2D eigenvalue weighted by Crippen LogP contribution is 2.32. The van der Waals surface area contributed by atoms with Gasteiger partial charge in [-0.15, -0.1) is 6.58 Å². The Morgan fingerprint density at radius 2 is 1.84 bits per heavy atom. The number of hydrogen-bond donors (Lipinski definition) is 2. The quantitative estimate of drug-likeness (QED) is 0.775. The normalized spacial score (nSPS) is 25.8. The zero-order chi connectivity index (χ0) is 18.7. The van der Waals surface area contributed by atoms with Gasteiger partial charge < -0.3 is 19.9 Å². The second-order valence-corrected chi connectivity index (χ2v) is 7.98. The number of hydrogen-bond acceptors (Lipinski definition) is 4. The van der Waals surface area contributed by atoms with Crippen LogP contribution < -0.4 is 5.32 Å². The predicted octanol–water partition coefficient (Wildman–Crippen LogP) is 3.52. The predicted molar refractivity (Wildman–Crippen MR) is 102 cm³/mol. The molecule has 0 unspecified atom stereocenters. The zero-order valence-electron chi connectivity index (χ0n) is 15.9. The maximum atomic E-state index is 11.0. The highest BCUT2D eigenvalue weighted by atomic mass is 16.8. The summed E-state index contributed by atoms with van der Waals surface area (Å²) in [5.41, 5.74) is 0.922. The number of aliphatic hydroxyl groups excluding tert-OH is 1. The van der Waals surface area contributed by atoms with Crippen molar-refractivity contribution in [1.82, 2.24) is 5.32 Å². The third kappa shape index (κ3) is 5.79. The van der Waals surface area contributed by atoms with Gasteiger partial charge in [0.15, 0.2) is 5.79 Å². The summed E-state index contributed by atoms with van der Waals surface area (Å²) in [5, 5.41) is 14.5. The van der Waals surface area contributed by atoms with E-state index >= 15 is 0 Å². The van der Waals surface area contributed by atoms with Gasteiger partial charge in [0.2, 0.25) is 0 Å². The van der Waals surface area contributed by atoms with E-state index in [0.29, 0.717) is 0 Å². The van der Waals surface area contributed by atoms with Gasteiger partial charge >= 0.3 is 0 Å². The van der Waals surface area contributed by atoms with E-state index in [2.05, 4.69) is 32.7 Å². The van der Waals surface area contributed by atoms with Gasteiger partial charge in [-0.25, -0.2) is 0 Å². The van der Waals surface area contributed by atoms with Gasteiger partial charge in [0, 0.05) is 5.54 Å². The van der Waals surface area contributed by atoms with Gasteiger partial charge in [-0.05, 0) is 40.2 Å². The first-order valence-corrected chi connectivity index (χ1v) is 8.78. The van der Waals surface area contributed by atoms with Crippen LogP contribution in [0.1, 0.15) is 40.2 Å². The summed E-state index contributed by atoms with van der Waals surface area (Å²) in [6.07, 6.45) is 4.09. The summed E-state index contributed by atoms with van der Waals surface area (Å²) in [4.78, 5) is 0. The summed E-state index contributed by atoms with van der Waals surface area (Å²) < 4.78 is 11.8. The van der Waals surface area contributed by atoms with Crippen LogP contribution in [0.2, 0.25) is 0 Å². The molecule has 1 aromatic carbocycles. The second kappa shape index (κ2) is 7.83. The molecule has 4 atom stereocenters. The van der Waals surface area contributed by atoms with Crippen LogP contribution in [0, 0.1) is 0 Å². The van der Waals surface area contributed by atoms with Crippen molar-refractivity contribution in [2.24, 2.45) is 0 Å². The molecule has 0 aromatic heterocycles. The molecule has 1 aliphatic heterocycles. The van der Waals surface area contributed by atoms with Crippen LogP contribution in [-0.4, -0.2) is 40.8 Å². The minimum absolute atomic E-state index is 0.161. The van der Waals surface area contributed by atoms with Gasteiger partial charge in [-0.1, -0.05) is 48.6 Å². The zero-order valence-corrected chi connectivity index (χ0v) is 15.9. The minimum Gasteiger partial charge on any atom is -0.388 e.